The summed E-state index contributed by atoms with van der Waals surface area (Å²) in [5, 5.41) is 6.23. The first-order chi connectivity index (χ1) is 9.16. The molecule has 0 unspecified atom stereocenters. The van der Waals surface area contributed by atoms with Gasteiger partial charge in [-0.1, -0.05) is 41.3 Å². The van der Waals surface area contributed by atoms with Gasteiger partial charge in [0.05, 0.1) is 15.7 Å². The molecule has 102 valence electrons. The molecular formula is C14H16Cl2N2O. The maximum atomic E-state index is 11.8. The summed E-state index contributed by atoms with van der Waals surface area (Å²) in [6.45, 7) is 0. The number of para-hydroxylation sites is 1. The zero-order valence-electron chi connectivity index (χ0n) is 10.5. The quantitative estimate of drug-likeness (QED) is 0.796. The van der Waals surface area contributed by atoms with E-state index in [0.29, 0.717) is 15.7 Å². The van der Waals surface area contributed by atoms with E-state index >= 15 is 0 Å². The van der Waals surface area contributed by atoms with Crippen LogP contribution in [-0.2, 0) is 0 Å². The fourth-order valence-electron chi connectivity index (χ4n) is 2.08. The summed E-state index contributed by atoms with van der Waals surface area (Å²) in [5.74, 6) is 0. The Morgan fingerprint density at radius 3 is 2.37 bits per heavy atom. The number of anilines is 1. The van der Waals surface area contributed by atoms with Crippen molar-refractivity contribution in [2.75, 3.05) is 5.32 Å². The lowest BCUT2D eigenvalue weighted by molar-refractivity contribution is 0.255. The third-order valence-electron chi connectivity index (χ3n) is 3.10. The highest BCUT2D eigenvalue weighted by Gasteiger charge is 2.09. The van der Waals surface area contributed by atoms with Crippen molar-refractivity contribution in [3.63, 3.8) is 0 Å². The van der Waals surface area contributed by atoms with Crippen LogP contribution in [0.5, 0.6) is 0 Å². The number of benzene rings is 1. The summed E-state index contributed by atoms with van der Waals surface area (Å²) in [7, 11) is 0. The molecule has 5 heteroatoms. The van der Waals surface area contributed by atoms with Crippen LogP contribution in [0.15, 0.2) is 30.0 Å². The van der Waals surface area contributed by atoms with Gasteiger partial charge >= 0.3 is 6.03 Å². The van der Waals surface area contributed by atoms with E-state index in [1.807, 2.05) is 0 Å². The molecule has 2 amide bonds. The van der Waals surface area contributed by atoms with Gasteiger partial charge in [-0.3, -0.25) is 0 Å². The second-order valence-corrected chi connectivity index (χ2v) is 5.37. The molecule has 1 aromatic carbocycles. The number of carbonyl (C=O) groups is 1. The van der Waals surface area contributed by atoms with Crippen molar-refractivity contribution in [2.24, 2.45) is 0 Å². The maximum Gasteiger partial charge on any atom is 0.323 e. The van der Waals surface area contributed by atoms with Crippen molar-refractivity contribution >= 4 is 34.9 Å². The first-order valence-corrected chi connectivity index (χ1v) is 7.12. The normalized spacial score (nSPS) is 14.9. The average molecular weight is 299 g/mol. The highest BCUT2D eigenvalue weighted by molar-refractivity contribution is 6.39. The summed E-state index contributed by atoms with van der Waals surface area (Å²) in [5.41, 5.74) is 1.72. The van der Waals surface area contributed by atoms with Crippen molar-refractivity contribution < 1.29 is 4.79 Å². The van der Waals surface area contributed by atoms with Crippen LogP contribution in [0.2, 0.25) is 10.0 Å². The molecule has 0 heterocycles. The highest BCUT2D eigenvalue weighted by Crippen LogP contribution is 2.29. The fourth-order valence-corrected chi connectivity index (χ4v) is 2.58. The summed E-state index contributed by atoms with van der Waals surface area (Å²) < 4.78 is 0. The summed E-state index contributed by atoms with van der Waals surface area (Å²) in [6.07, 6.45) is 7.59. The number of allylic oxidation sites excluding steroid dienone is 1. The Kier molecular flexibility index (Phi) is 5.11. The van der Waals surface area contributed by atoms with Crippen LogP contribution in [0, 0.1) is 0 Å². The van der Waals surface area contributed by atoms with Crippen LogP contribution in [0.3, 0.4) is 0 Å². The van der Waals surface area contributed by atoms with Gasteiger partial charge in [-0.15, -0.1) is 0 Å². The first-order valence-electron chi connectivity index (χ1n) is 6.36. The summed E-state index contributed by atoms with van der Waals surface area (Å²) >= 11 is 12.0. The Balaban J connectivity index is 1.94. The third kappa shape index (κ3) is 4.15. The average Bonchev–Trinajstić information content (AvgIpc) is 2.42. The fraction of sp³-hybridized carbons (Fsp3) is 0.357. The molecule has 19 heavy (non-hydrogen) atoms. The van der Waals surface area contributed by atoms with Crippen LogP contribution < -0.4 is 10.6 Å². The zero-order valence-corrected chi connectivity index (χ0v) is 12.0. The standard InChI is InChI=1S/C14H16Cl2N2O/c15-11-7-4-8-12(16)13(11)18-14(19)17-9-10-5-2-1-3-6-10/h4,7-9H,1-3,5-6H2,(H2,17,18,19). The van der Waals surface area contributed by atoms with E-state index in [1.165, 1.54) is 24.8 Å². The number of halogens is 2. The summed E-state index contributed by atoms with van der Waals surface area (Å²) in [4.78, 5) is 11.8. The molecule has 0 spiro atoms. The van der Waals surface area contributed by atoms with Gasteiger partial charge in [0.1, 0.15) is 0 Å². The number of hydrogen-bond acceptors (Lipinski definition) is 1. The van der Waals surface area contributed by atoms with E-state index in [-0.39, 0.29) is 6.03 Å². The van der Waals surface area contributed by atoms with Gasteiger partial charge in [0.2, 0.25) is 0 Å². The maximum absolute atomic E-state index is 11.8. The van der Waals surface area contributed by atoms with E-state index < -0.39 is 0 Å². The van der Waals surface area contributed by atoms with Crippen molar-refractivity contribution in [1.29, 1.82) is 0 Å². The number of nitrogens with one attached hydrogen (secondary N) is 2. The molecule has 0 saturated heterocycles. The Bertz CT molecular complexity index is 472. The minimum Gasteiger partial charge on any atom is -0.314 e. The minimum absolute atomic E-state index is 0.326. The summed E-state index contributed by atoms with van der Waals surface area (Å²) in [6, 6.07) is 4.77. The molecular weight excluding hydrogens is 283 g/mol. The van der Waals surface area contributed by atoms with Crippen LogP contribution in [0.1, 0.15) is 32.1 Å². The van der Waals surface area contributed by atoms with Crippen molar-refractivity contribution in [2.45, 2.75) is 32.1 Å². The highest BCUT2D eigenvalue weighted by atomic mass is 35.5. The van der Waals surface area contributed by atoms with Gasteiger partial charge in [0.15, 0.2) is 0 Å². The lowest BCUT2D eigenvalue weighted by Gasteiger charge is -2.14. The predicted octanol–water partition coefficient (Wildman–Crippen LogP) is 4.96. The molecule has 1 aromatic rings. The van der Waals surface area contributed by atoms with E-state index in [9.17, 15) is 4.79 Å². The van der Waals surface area contributed by atoms with E-state index in [4.69, 9.17) is 23.2 Å². The molecule has 0 atom stereocenters. The number of urea groups is 1. The number of carbonyl (C=O) groups excluding carboxylic acids is 1. The molecule has 1 fully saturated rings. The van der Waals surface area contributed by atoms with Gasteiger partial charge < -0.3 is 10.6 Å². The molecule has 2 rings (SSSR count). The smallest absolute Gasteiger partial charge is 0.314 e. The second-order valence-electron chi connectivity index (χ2n) is 4.56. The van der Waals surface area contributed by atoms with Crippen molar-refractivity contribution in [3.8, 4) is 0 Å². The molecule has 2 N–H and O–H groups in total. The molecule has 1 saturated carbocycles. The molecule has 0 bridgehead atoms. The Labute approximate surface area is 123 Å². The van der Waals surface area contributed by atoms with Gasteiger partial charge in [0, 0.05) is 6.20 Å². The number of rotatable bonds is 2. The second kappa shape index (κ2) is 6.83. The van der Waals surface area contributed by atoms with Crippen LogP contribution in [0.4, 0.5) is 10.5 Å². The van der Waals surface area contributed by atoms with Gasteiger partial charge in [-0.25, -0.2) is 4.79 Å². The zero-order chi connectivity index (χ0) is 13.7. The third-order valence-corrected chi connectivity index (χ3v) is 3.73. The molecule has 1 aliphatic carbocycles. The lowest BCUT2D eigenvalue weighted by Crippen LogP contribution is -2.25. The van der Waals surface area contributed by atoms with Crippen LogP contribution in [-0.4, -0.2) is 6.03 Å². The van der Waals surface area contributed by atoms with Gasteiger partial charge in [-0.05, 0) is 37.8 Å². The molecule has 1 aliphatic rings. The van der Waals surface area contributed by atoms with E-state index in [0.717, 1.165) is 12.8 Å². The lowest BCUT2D eigenvalue weighted by atomic mass is 9.96. The first kappa shape index (κ1) is 14.2. The molecule has 0 aromatic heterocycles. The Morgan fingerprint density at radius 2 is 1.74 bits per heavy atom. The molecule has 0 aliphatic heterocycles. The van der Waals surface area contributed by atoms with Crippen LogP contribution >= 0.6 is 23.2 Å². The minimum atomic E-state index is -0.326. The molecule has 0 radical (unpaired) electrons. The van der Waals surface area contributed by atoms with Gasteiger partial charge in [0.25, 0.3) is 0 Å². The topological polar surface area (TPSA) is 41.1 Å². The Hall–Kier alpha value is -1.19. The Morgan fingerprint density at radius 1 is 1.11 bits per heavy atom. The van der Waals surface area contributed by atoms with E-state index in [1.54, 1.807) is 24.4 Å². The van der Waals surface area contributed by atoms with Gasteiger partial charge in [-0.2, -0.15) is 0 Å². The SMILES string of the molecule is O=C(NC=C1CCCCC1)Nc1c(Cl)cccc1Cl. The van der Waals surface area contributed by atoms with Crippen molar-refractivity contribution in [3.05, 3.63) is 40.0 Å². The molecule has 3 nitrogen and oxygen atoms in total. The number of amides is 2. The monoisotopic (exact) mass is 298 g/mol. The number of hydrogen-bond donors (Lipinski definition) is 2. The van der Waals surface area contributed by atoms with Crippen LogP contribution in [0.25, 0.3) is 0 Å². The van der Waals surface area contributed by atoms with E-state index in [2.05, 4.69) is 10.6 Å². The largest absolute Gasteiger partial charge is 0.323 e. The predicted molar refractivity (Wildman–Crippen MR) is 79.8 cm³/mol. The van der Waals surface area contributed by atoms with Crippen molar-refractivity contribution in [1.82, 2.24) is 5.32 Å².